The molecule has 0 saturated heterocycles. The molecule has 0 aliphatic carbocycles. The fourth-order valence-corrected chi connectivity index (χ4v) is 3.34. The molecule has 0 radical (unpaired) electrons. The van der Waals surface area contributed by atoms with E-state index in [1.807, 2.05) is 12.1 Å². The summed E-state index contributed by atoms with van der Waals surface area (Å²) >= 11 is 5.80. The van der Waals surface area contributed by atoms with Crippen molar-refractivity contribution in [3.8, 4) is 0 Å². The normalized spacial score (nSPS) is 12.4. The van der Waals surface area contributed by atoms with Crippen molar-refractivity contribution in [1.29, 1.82) is 0 Å². The number of carbonyl (C=O) groups excluding carboxylic acids is 1. The van der Waals surface area contributed by atoms with E-state index in [-0.39, 0.29) is 11.5 Å². The largest absolute Gasteiger partial charge is 0.299 e. The lowest BCUT2D eigenvalue weighted by atomic mass is 10.0. The van der Waals surface area contributed by atoms with Crippen LogP contribution in [0, 0.1) is 0 Å². The van der Waals surface area contributed by atoms with E-state index in [0.29, 0.717) is 24.3 Å². The van der Waals surface area contributed by atoms with E-state index < -0.39 is 14.6 Å². The van der Waals surface area contributed by atoms with Gasteiger partial charge >= 0.3 is 0 Å². The molecule has 0 amide bonds. The minimum Gasteiger partial charge on any atom is -0.299 e. The highest BCUT2D eigenvalue weighted by Gasteiger charge is 2.27. The zero-order valence-corrected chi connectivity index (χ0v) is 15.1. The molecule has 0 unspecified atom stereocenters. The zero-order valence-electron chi connectivity index (χ0n) is 13.6. The van der Waals surface area contributed by atoms with E-state index in [1.54, 1.807) is 32.9 Å². The van der Waals surface area contributed by atoms with Gasteiger partial charge in [-0.2, -0.15) is 0 Å². The summed E-state index contributed by atoms with van der Waals surface area (Å²) in [5.41, 5.74) is 0.963. The van der Waals surface area contributed by atoms with Crippen molar-refractivity contribution in [1.82, 2.24) is 0 Å². The summed E-state index contributed by atoms with van der Waals surface area (Å²) in [5, 5.41) is 0.663. The number of hydrogen-bond donors (Lipinski definition) is 0. The molecule has 1 rings (SSSR count). The third kappa shape index (κ3) is 6.49. The molecule has 0 aliphatic heterocycles. The molecule has 22 heavy (non-hydrogen) atoms. The molecule has 0 heterocycles. The molecule has 0 aliphatic rings. The van der Waals surface area contributed by atoms with Crippen LogP contribution in [0.5, 0.6) is 0 Å². The average molecular weight is 345 g/mol. The van der Waals surface area contributed by atoms with Crippen LogP contribution in [-0.4, -0.2) is 24.7 Å². The van der Waals surface area contributed by atoms with E-state index in [4.69, 9.17) is 11.6 Å². The second-order valence-electron chi connectivity index (χ2n) is 6.58. The van der Waals surface area contributed by atoms with Crippen molar-refractivity contribution in [3.63, 3.8) is 0 Å². The van der Waals surface area contributed by atoms with E-state index in [0.717, 1.165) is 18.4 Å². The number of Topliss-reactive ketones (excluding diaryl/α,β-unsaturated/α-hetero) is 1. The lowest BCUT2D eigenvalue weighted by Crippen LogP contribution is -2.30. The van der Waals surface area contributed by atoms with Crippen LogP contribution in [0.2, 0.25) is 5.02 Å². The Morgan fingerprint density at radius 1 is 1.05 bits per heavy atom. The van der Waals surface area contributed by atoms with Crippen LogP contribution in [0.1, 0.15) is 52.0 Å². The molecular weight excluding hydrogens is 320 g/mol. The molecule has 124 valence electrons. The first-order valence-corrected chi connectivity index (χ1v) is 9.63. The predicted octanol–water partition coefficient (Wildman–Crippen LogP) is 4.23. The van der Waals surface area contributed by atoms with Crippen molar-refractivity contribution < 1.29 is 13.2 Å². The highest BCUT2D eigenvalue weighted by atomic mass is 35.5. The van der Waals surface area contributed by atoms with E-state index in [1.165, 1.54) is 0 Å². The fourth-order valence-electron chi connectivity index (χ4n) is 2.02. The third-order valence-corrected chi connectivity index (χ3v) is 6.56. The molecule has 0 aromatic heterocycles. The zero-order chi connectivity index (χ0) is 16.8. The molecule has 1 aromatic carbocycles. The molecular formula is C17H25ClO3S. The maximum absolute atomic E-state index is 11.9. The van der Waals surface area contributed by atoms with Crippen molar-refractivity contribution in [2.75, 3.05) is 5.75 Å². The first kappa shape index (κ1) is 19.2. The summed E-state index contributed by atoms with van der Waals surface area (Å²) in [6.07, 6.45) is 3.04. The van der Waals surface area contributed by atoms with Gasteiger partial charge in [-0.1, -0.05) is 30.2 Å². The van der Waals surface area contributed by atoms with Crippen LogP contribution in [0.15, 0.2) is 24.3 Å². The minimum absolute atomic E-state index is 0.181. The minimum atomic E-state index is -3.05. The van der Waals surface area contributed by atoms with E-state index in [9.17, 15) is 13.2 Å². The molecule has 0 spiro atoms. The highest BCUT2D eigenvalue weighted by Crippen LogP contribution is 2.18. The second-order valence-corrected chi connectivity index (χ2v) is 9.88. The summed E-state index contributed by atoms with van der Waals surface area (Å²) in [7, 11) is -3.05. The Kier molecular flexibility index (Phi) is 7.07. The number of carbonyl (C=O) groups is 1. The molecule has 1 aromatic rings. The van der Waals surface area contributed by atoms with Gasteiger partial charge in [0.2, 0.25) is 0 Å². The Balaban J connectivity index is 2.25. The number of rotatable bonds is 8. The molecule has 0 fully saturated rings. The highest BCUT2D eigenvalue weighted by molar-refractivity contribution is 7.92. The van der Waals surface area contributed by atoms with E-state index >= 15 is 0 Å². The van der Waals surface area contributed by atoms with Gasteiger partial charge in [0.1, 0.15) is 5.78 Å². The Hall–Kier alpha value is -0.870. The Bertz CT molecular complexity index is 583. The third-order valence-electron chi connectivity index (χ3n) is 3.62. The van der Waals surface area contributed by atoms with Crippen LogP contribution in [0.25, 0.3) is 0 Å². The van der Waals surface area contributed by atoms with Crippen molar-refractivity contribution >= 4 is 27.2 Å². The number of sulfone groups is 1. The first-order chi connectivity index (χ1) is 10.1. The maximum Gasteiger partial charge on any atom is 0.155 e. The van der Waals surface area contributed by atoms with Gasteiger partial charge in [0.25, 0.3) is 0 Å². The van der Waals surface area contributed by atoms with Gasteiger partial charge in [-0.15, -0.1) is 0 Å². The summed E-state index contributed by atoms with van der Waals surface area (Å²) in [6, 6.07) is 7.27. The van der Waals surface area contributed by atoms with Crippen LogP contribution in [0.3, 0.4) is 0 Å². The standard InChI is InChI=1S/C17H25ClO3S/c1-17(2,3)22(20,21)12-6-4-5-7-16(19)13-14-8-10-15(18)11-9-14/h8-11H,4-7,12-13H2,1-3H3. The molecule has 5 heteroatoms. The SMILES string of the molecule is CC(C)(C)S(=O)(=O)CCCCCC(=O)Cc1ccc(Cl)cc1. The summed E-state index contributed by atoms with van der Waals surface area (Å²) in [4.78, 5) is 11.9. The molecule has 3 nitrogen and oxygen atoms in total. The second kappa shape index (κ2) is 8.11. The van der Waals surface area contributed by atoms with Crippen molar-refractivity contribution in [3.05, 3.63) is 34.9 Å². The van der Waals surface area contributed by atoms with Gasteiger partial charge in [0, 0.05) is 17.9 Å². The molecule has 0 atom stereocenters. The summed E-state index contributed by atoms with van der Waals surface area (Å²) in [5.74, 6) is 0.378. The van der Waals surface area contributed by atoms with Gasteiger partial charge < -0.3 is 0 Å². The van der Waals surface area contributed by atoms with E-state index in [2.05, 4.69) is 0 Å². The fraction of sp³-hybridized carbons (Fsp3) is 0.588. The monoisotopic (exact) mass is 344 g/mol. The lowest BCUT2D eigenvalue weighted by molar-refractivity contribution is -0.118. The maximum atomic E-state index is 11.9. The van der Waals surface area contributed by atoms with Crippen molar-refractivity contribution in [2.45, 2.75) is 57.6 Å². The average Bonchev–Trinajstić information content (AvgIpc) is 2.39. The quantitative estimate of drug-likeness (QED) is 0.663. The number of halogens is 1. The first-order valence-electron chi connectivity index (χ1n) is 7.60. The summed E-state index contributed by atoms with van der Waals surface area (Å²) < 4.78 is 23.2. The molecule has 0 saturated carbocycles. The number of hydrogen-bond acceptors (Lipinski definition) is 3. The number of benzene rings is 1. The van der Waals surface area contributed by atoms with Gasteiger partial charge in [0.15, 0.2) is 9.84 Å². The Labute approximate surface area is 139 Å². The van der Waals surface area contributed by atoms with Crippen LogP contribution < -0.4 is 0 Å². The van der Waals surface area contributed by atoms with Gasteiger partial charge in [0.05, 0.1) is 10.5 Å². The lowest BCUT2D eigenvalue weighted by Gasteiger charge is -2.18. The van der Waals surface area contributed by atoms with Crippen LogP contribution in [-0.2, 0) is 21.1 Å². The topological polar surface area (TPSA) is 51.2 Å². The van der Waals surface area contributed by atoms with Gasteiger partial charge in [-0.3, -0.25) is 4.79 Å². The van der Waals surface area contributed by atoms with Crippen LogP contribution in [0.4, 0.5) is 0 Å². The van der Waals surface area contributed by atoms with Crippen molar-refractivity contribution in [2.24, 2.45) is 0 Å². The smallest absolute Gasteiger partial charge is 0.155 e. The predicted molar refractivity (Wildman–Crippen MR) is 92.2 cm³/mol. The number of unbranched alkanes of at least 4 members (excludes halogenated alkanes) is 2. The molecule has 0 bridgehead atoms. The summed E-state index contributed by atoms with van der Waals surface area (Å²) in [6.45, 7) is 5.16. The van der Waals surface area contributed by atoms with Gasteiger partial charge in [-0.25, -0.2) is 8.42 Å². The number of ketones is 1. The Morgan fingerprint density at radius 3 is 2.18 bits per heavy atom. The Morgan fingerprint density at radius 2 is 1.64 bits per heavy atom. The molecule has 0 N–H and O–H groups in total. The van der Waals surface area contributed by atoms with Gasteiger partial charge in [-0.05, 0) is 51.3 Å². The van der Waals surface area contributed by atoms with Crippen LogP contribution >= 0.6 is 11.6 Å².